The van der Waals surface area contributed by atoms with E-state index < -0.39 is 0 Å². The van der Waals surface area contributed by atoms with Crippen molar-refractivity contribution in [3.8, 4) is 5.69 Å². The molecule has 1 saturated heterocycles. The third-order valence-corrected chi connectivity index (χ3v) is 5.27. The van der Waals surface area contributed by atoms with Crippen molar-refractivity contribution >= 4 is 11.6 Å². The van der Waals surface area contributed by atoms with E-state index in [0.717, 1.165) is 17.1 Å². The summed E-state index contributed by atoms with van der Waals surface area (Å²) in [7, 11) is 0. The van der Waals surface area contributed by atoms with Crippen LogP contribution >= 0.6 is 0 Å². The fourth-order valence-corrected chi connectivity index (χ4v) is 3.79. The number of para-hydroxylation sites is 2. The first-order valence-corrected chi connectivity index (χ1v) is 9.46. The molecule has 2 aromatic carbocycles. The van der Waals surface area contributed by atoms with Gasteiger partial charge >= 0.3 is 0 Å². The minimum atomic E-state index is -0.224. The number of carbonyl (C=O) groups excluding carboxylic acids is 1. The molecule has 3 aromatic rings. The lowest BCUT2D eigenvalue weighted by molar-refractivity contribution is 0.0745. The Morgan fingerprint density at radius 2 is 1.57 bits per heavy atom. The molecule has 1 fully saturated rings. The van der Waals surface area contributed by atoms with Crippen molar-refractivity contribution in [1.29, 1.82) is 0 Å². The molecule has 0 saturated carbocycles. The van der Waals surface area contributed by atoms with E-state index in [1.165, 1.54) is 6.07 Å². The van der Waals surface area contributed by atoms with Gasteiger partial charge in [0.15, 0.2) is 0 Å². The maximum absolute atomic E-state index is 14.0. The Balaban J connectivity index is 1.52. The van der Waals surface area contributed by atoms with Gasteiger partial charge in [0.05, 0.1) is 28.3 Å². The Labute approximate surface area is 164 Å². The molecule has 1 amide bonds. The predicted octanol–water partition coefficient (Wildman–Crippen LogP) is 3.59. The SMILES string of the molecule is Cc1nn(-c2ccccc2)c(C)c1C(=O)N1CCN(c2ccccc2F)CC1. The summed E-state index contributed by atoms with van der Waals surface area (Å²) in [6.45, 7) is 6.13. The highest BCUT2D eigenvalue weighted by Crippen LogP contribution is 2.23. The molecule has 0 aliphatic carbocycles. The van der Waals surface area contributed by atoms with Crippen LogP contribution in [0.4, 0.5) is 10.1 Å². The number of benzene rings is 2. The molecular formula is C22H23FN4O. The Hall–Kier alpha value is -3.15. The summed E-state index contributed by atoms with van der Waals surface area (Å²) >= 11 is 0. The molecule has 1 aliphatic rings. The number of amides is 1. The molecule has 1 aliphatic heterocycles. The number of aromatic nitrogens is 2. The molecule has 0 unspecified atom stereocenters. The lowest BCUT2D eigenvalue weighted by Crippen LogP contribution is -2.49. The van der Waals surface area contributed by atoms with Crippen LogP contribution < -0.4 is 4.90 Å². The van der Waals surface area contributed by atoms with Crippen LogP contribution in [0.1, 0.15) is 21.7 Å². The van der Waals surface area contributed by atoms with E-state index in [2.05, 4.69) is 5.10 Å². The van der Waals surface area contributed by atoms with Crippen LogP contribution in [0.2, 0.25) is 0 Å². The van der Waals surface area contributed by atoms with Gasteiger partial charge in [-0.25, -0.2) is 9.07 Å². The molecule has 144 valence electrons. The van der Waals surface area contributed by atoms with E-state index in [9.17, 15) is 9.18 Å². The fraction of sp³-hybridized carbons (Fsp3) is 0.273. The monoisotopic (exact) mass is 378 g/mol. The van der Waals surface area contributed by atoms with Crippen LogP contribution in [0.5, 0.6) is 0 Å². The van der Waals surface area contributed by atoms with Crippen LogP contribution in [0, 0.1) is 19.7 Å². The quantitative estimate of drug-likeness (QED) is 0.699. The minimum absolute atomic E-state index is 0.00892. The Bertz CT molecular complexity index is 991. The van der Waals surface area contributed by atoms with Crippen molar-refractivity contribution < 1.29 is 9.18 Å². The van der Waals surface area contributed by atoms with Gasteiger partial charge in [-0.2, -0.15) is 5.10 Å². The zero-order valence-electron chi connectivity index (χ0n) is 16.1. The molecular weight excluding hydrogens is 355 g/mol. The summed E-state index contributed by atoms with van der Waals surface area (Å²) in [4.78, 5) is 17.0. The average molecular weight is 378 g/mol. The lowest BCUT2D eigenvalue weighted by Gasteiger charge is -2.36. The first-order chi connectivity index (χ1) is 13.6. The molecule has 1 aromatic heterocycles. The van der Waals surface area contributed by atoms with Crippen LogP contribution in [-0.2, 0) is 0 Å². The van der Waals surface area contributed by atoms with Gasteiger partial charge in [0.2, 0.25) is 0 Å². The molecule has 0 atom stereocenters. The van der Waals surface area contributed by atoms with Gasteiger partial charge < -0.3 is 9.80 Å². The first-order valence-electron chi connectivity index (χ1n) is 9.46. The molecule has 0 radical (unpaired) electrons. The largest absolute Gasteiger partial charge is 0.366 e. The third-order valence-electron chi connectivity index (χ3n) is 5.27. The second-order valence-corrected chi connectivity index (χ2v) is 7.02. The van der Waals surface area contributed by atoms with Crippen molar-refractivity contribution in [2.45, 2.75) is 13.8 Å². The van der Waals surface area contributed by atoms with Gasteiger partial charge in [0.1, 0.15) is 5.82 Å². The fourth-order valence-electron chi connectivity index (χ4n) is 3.79. The Kier molecular flexibility index (Phi) is 4.86. The van der Waals surface area contributed by atoms with E-state index in [1.54, 1.807) is 12.1 Å². The van der Waals surface area contributed by atoms with Crippen molar-refractivity contribution in [3.05, 3.63) is 77.4 Å². The molecule has 5 nitrogen and oxygen atoms in total. The van der Waals surface area contributed by atoms with Gasteiger partial charge in [0, 0.05) is 26.2 Å². The maximum Gasteiger partial charge on any atom is 0.257 e. The van der Waals surface area contributed by atoms with Crippen LogP contribution in [0.25, 0.3) is 5.69 Å². The topological polar surface area (TPSA) is 41.4 Å². The molecule has 0 N–H and O–H groups in total. The van der Waals surface area contributed by atoms with Crippen LogP contribution in [0.15, 0.2) is 54.6 Å². The van der Waals surface area contributed by atoms with Crippen molar-refractivity contribution in [2.75, 3.05) is 31.1 Å². The highest BCUT2D eigenvalue weighted by molar-refractivity contribution is 5.96. The standard InChI is InChI=1S/C22H23FN4O/c1-16-21(17(2)27(24-16)18-8-4-3-5-9-18)22(28)26-14-12-25(13-15-26)20-11-7-6-10-19(20)23/h3-11H,12-15H2,1-2H3. The number of anilines is 1. The summed E-state index contributed by atoms with van der Waals surface area (Å²) in [6, 6.07) is 16.6. The minimum Gasteiger partial charge on any atom is -0.366 e. The van der Waals surface area contributed by atoms with Crippen molar-refractivity contribution in [1.82, 2.24) is 14.7 Å². The summed E-state index contributed by atoms with van der Waals surface area (Å²) < 4.78 is 15.8. The normalized spacial score (nSPS) is 14.4. The van der Waals surface area contributed by atoms with Gasteiger partial charge in [-0.05, 0) is 38.1 Å². The Morgan fingerprint density at radius 1 is 0.929 bits per heavy atom. The third kappa shape index (κ3) is 3.26. The van der Waals surface area contributed by atoms with E-state index in [4.69, 9.17) is 0 Å². The number of nitrogens with zero attached hydrogens (tertiary/aromatic N) is 4. The summed E-state index contributed by atoms with van der Waals surface area (Å²) in [5.41, 5.74) is 3.75. The van der Waals surface area contributed by atoms with Crippen molar-refractivity contribution in [2.24, 2.45) is 0 Å². The predicted molar refractivity (Wildman–Crippen MR) is 108 cm³/mol. The summed E-state index contributed by atoms with van der Waals surface area (Å²) in [5, 5.41) is 4.58. The molecule has 0 bridgehead atoms. The van der Waals surface area contributed by atoms with Gasteiger partial charge in [0.25, 0.3) is 5.91 Å². The zero-order chi connectivity index (χ0) is 19.7. The number of halogens is 1. The molecule has 28 heavy (non-hydrogen) atoms. The number of rotatable bonds is 3. The number of carbonyl (C=O) groups is 1. The molecule has 0 spiro atoms. The maximum atomic E-state index is 14.0. The summed E-state index contributed by atoms with van der Waals surface area (Å²) in [5.74, 6) is -0.233. The van der Waals surface area contributed by atoms with E-state index in [1.807, 2.05) is 64.7 Å². The number of piperazine rings is 1. The lowest BCUT2D eigenvalue weighted by atomic mass is 10.1. The number of aryl methyl sites for hydroxylation is 1. The second-order valence-electron chi connectivity index (χ2n) is 7.02. The van der Waals surface area contributed by atoms with Gasteiger partial charge in [-0.1, -0.05) is 30.3 Å². The van der Waals surface area contributed by atoms with Crippen LogP contribution in [0.3, 0.4) is 0 Å². The highest BCUT2D eigenvalue weighted by Gasteiger charge is 2.27. The molecule has 6 heteroatoms. The van der Waals surface area contributed by atoms with E-state index >= 15 is 0 Å². The average Bonchev–Trinajstić information content (AvgIpc) is 3.03. The van der Waals surface area contributed by atoms with Gasteiger partial charge in [-0.15, -0.1) is 0 Å². The van der Waals surface area contributed by atoms with Crippen LogP contribution in [-0.4, -0.2) is 46.8 Å². The van der Waals surface area contributed by atoms with Crippen molar-refractivity contribution in [3.63, 3.8) is 0 Å². The number of hydrogen-bond donors (Lipinski definition) is 0. The molecule has 4 rings (SSSR count). The van der Waals surface area contributed by atoms with E-state index in [0.29, 0.717) is 37.4 Å². The molecule has 2 heterocycles. The zero-order valence-corrected chi connectivity index (χ0v) is 16.1. The summed E-state index contributed by atoms with van der Waals surface area (Å²) in [6.07, 6.45) is 0. The van der Waals surface area contributed by atoms with E-state index in [-0.39, 0.29) is 11.7 Å². The Morgan fingerprint density at radius 3 is 2.25 bits per heavy atom. The highest BCUT2D eigenvalue weighted by atomic mass is 19.1. The second kappa shape index (κ2) is 7.46. The number of hydrogen-bond acceptors (Lipinski definition) is 3. The smallest absolute Gasteiger partial charge is 0.257 e. The van der Waals surface area contributed by atoms with Gasteiger partial charge in [-0.3, -0.25) is 4.79 Å². The first kappa shape index (κ1) is 18.2.